The number of imide groups is 1. The number of nitrogens with zero attached hydrogens (tertiary/aromatic N) is 3. The molecule has 26 heavy (non-hydrogen) atoms. The van der Waals surface area contributed by atoms with Crippen LogP contribution in [0.1, 0.15) is 19.8 Å². The molecule has 0 saturated carbocycles. The highest BCUT2D eigenvalue weighted by atomic mass is 16.6. The summed E-state index contributed by atoms with van der Waals surface area (Å²) in [7, 11) is 0. The van der Waals surface area contributed by atoms with Gasteiger partial charge in [0, 0.05) is 38.8 Å². The number of carbonyl (C=O) groups excluding carboxylic acids is 2. The van der Waals surface area contributed by atoms with Crippen LogP contribution < -0.4 is 15.5 Å². The van der Waals surface area contributed by atoms with Crippen LogP contribution in [0.2, 0.25) is 0 Å². The maximum atomic E-state index is 11.9. The average Bonchev–Trinajstić information content (AvgIpc) is 2.62. The van der Waals surface area contributed by atoms with E-state index >= 15 is 0 Å². The van der Waals surface area contributed by atoms with Gasteiger partial charge in [-0.2, -0.15) is 0 Å². The van der Waals surface area contributed by atoms with E-state index in [4.69, 9.17) is 0 Å². The van der Waals surface area contributed by atoms with E-state index in [2.05, 4.69) is 10.6 Å². The molecule has 1 saturated heterocycles. The Balaban J connectivity index is 1.79. The summed E-state index contributed by atoms with van der Waals surface area (Å²) in [6.45, 7) is 5.06. The predicted molar refractivity (Wildman–Crippen MR) is 98.2 cm³/mol. The number of hydrogen-bond acceptors (Lipinski definition) is 6. The molecule has 0 bridgehead atoms. The first kappa shape index (κ1) is 19.6. The largest absolute Gasteiger partial charge is 0.363 e. The lowest BCUT2D eigenvalue weighted by Crippen LogP contribution is -2.51. The van der Waals surface area contributed by atoms with Crippen LogP contribution in [0, 0.1) is 10.1 Å². The zero-order valence-corrected chi connectivity index (χ0v) is 14.9. The van der Waals surface area contributed by atoms with Gasteiger partial charge in [-0.15, -0.1) is 0 Å². The van der Waals surface area contributed by atoms with E-state index in [1.165, 1.54) is 6.07 Å². The standard InChI is InChI=1S/C17H25N5O4/c1-2-3-8-18-17(24)19-16(23)13-20-9-11-21(12-10-20)14-6-4-5-7-15(14)22(25)26/h4-7H,2-3,8-13H2,1H3,(H2,18,19,23,24). The number of unbranched alkanes of at least 4 members (excludes halogenated alkanes) is 1. The Hall–Kier alpha value is -2.68. The molecule has 2 rings (SSSR count). The van der Waals surface area contributed by atoms with Crippen molar-refractivity contribution in [2.24, 2.45) is 0 Å². The van der Waals surface area contributed by atoms with Crippen molar-refractivity contribution in [2.75, 3.05) is 44.2 Å². The molecule has 0 spiro atoms. The zero-order valence-electron chi connectivity index (χ0n) is 14.9. The summed E-state index contributed by atoms with van der Waals surface area (Å²) in [6, 6.07) is 6.18. The number of para-hydroxylation sites is 2. The topological polar surface area (TPSA) is 108 Å². The first-order chi connectivity index (χ1) is 12.5. The lowest BCUT2D eigenvalue weighted by atomic mass is 10.2. The Bertz CT molecular complexity index is 644. The van der Waals surface area contributed by atoms with Gasteiger partial charge in [-0.1, -0.05) is 25.5 Å². The van der Waals surface area contributed by atoms with Crippen LogP contribution in [-0.2, 0) is 4.79 Å². The molecule has 9 nitrogen and oxygen atoms in total. The third-order valence-corrected chi connectivity index (χ3v) is 4.23. The van der Waals surface area contributed by atoms with Crippen LogP contribution in [0.4, 0.5) is 16.2 Å². The molecule has 0 unspecified atom stereocenters. The maximum absolute atomic E-state index is 11.9. The third kappa shape index (κ3) is 5.69. The highest BCUT2D eigenvalue weighted by Crippen LogP contribution is 2.28. The number of amides is 3. The summed E-state index contributed by atoms with van der Waals surface area (Å²) >= 11 is 0. The van der Waals surface area contributed by atoms with E-state index < -0.39 is 6.03 Å². The predicted octanol–water partition coefficient (Wildman–Crippen LogP) is 1.34. The normalized spacial score (nSPS) is 14.7. The zero-order chi connectivity index (χ0) is 18.9. The Morgan fingerprint density at radius 1 is 1.19 bits per heavy atom. The van der Waals surface area contributed by atoms with Crippen LogP contribution in [0.3, 0.4) is 0 Å². The number of carbonyl (C=O) groups is 2. The van der Waals surface area contributed by atoms with Gasteiger partial charge in [0.2, 0.25) is 5.91 Å². The van der Waals surface area contributed by atoms with Crippen molar-refractivity contribution >= 4 is 23.3 Å². The average molecular weight is 363 g/mol. The fourth-order valence-corrected chi connectivity index (χ4v) is 2.82. The minimum Gasteiger partial charge on any atom is -0.363 e. The number of hydrogen-bond donors (Lipinski definition) is 2. The number of piperazine rings is 1. The molecule has 1 aromatic carbocycles. The van der Waals surface area contributed by atoms with Crippen molar-refractivity contribution in [3.05, 3.63) is 34.4 Å². The lowest BCUT2D eigenvalue weighted by molar-refractivity contribution is -0.384. The van der Waals surface area contributed by atoms with Crippen molar-refractivity contribution in [1.82, 2.24) is 15.5 Å². The highest BCUT2D eigenvalue weighted by molar-refractivity contribution is 5.95. The third-order valence-electron chi connectivity index (χ3n) is 4.23. The van der Waals surface area contributed by atoms with Gasteiger partial charge >= 0.3 is 6.03 Å². The first-order valence-electron chi connectivity index (χ1n) is 8.79. The molecular weight excluding hydrogens is 338 g/mol. The summed E-state index contributed by atoms with van der Waals surface area (Å²) in [5.74, 6) is -0.349. The maximum Gasteiger partial charge on any atom is 0.321 e. The number of nitro benzene ring substituents is 1. The molecule has 2 N–H and O–H groups in total. The molecule has 1 aliphatic heterocycles. The van der Waals surface area contributed by atoms with Gasteiger partial charge in [-0.25, -0.2) is 4.79 Å². The summed E-state index contributed by atoms with van der Waals surface area (Å²) in [5, 5.41) is 16.1. The molecule has 1 aliphatic rings. The van der Waals surface area contributed by atoms with E-state index in [1.54, 1.807) is 18.2 Å². The number of nitro groups is 1. The van der Waals surface area contributed by atoms with Gasteiger partial charge in [0.1, 0.15) is 5.69 Å². The molecule has 0 aliphatic carbocycles. The summed E-state index contributed by atoms with van der Waals surface area (Å²) in [5.41, 5.74) is 0.680. The van der Waals surface area contributed by atoms with Gasteiger partial charge in [0.05, 0.1) is 11.5 Å². The lowest BCUT2D eigenvalue weighted by Gasteiger charge is -2.35. The molecule has 1 aromatic rings. The second-order valence-corrected chi connectivity index (χ2v) is 6.17. The number of rotatable bonds is 7. The van der Waals surface area contributed by atoms with Crippen molar-refractivity contribution < 1.29 is 14.5 Å². The molecule has 1 fully saturated rings. The van der Waals surface area contributed by atoms with Crippen molar-refractivity contribution in [1.29, 1.82) is 0 Å². The Labute approximate surface area is 152 Å². The first-order valence-corrected chi connectivity index (χ1v) is 8.79. The molecular formula is C17H25N5O4. The Morgan fingerprint density at radius 2 is 1.88 bits per heavy atom. The van der Waals surface area contributed by atoms with Gasteiger partial charge < -0.3 is 10.2 Å². The summed E-state index contributed by atoms with van der Waals surface area (Å²) < 4.78 is 0. The SMILES string of the molecule is CCCCNC(=O)NC(=O)CN1CCN(c2ccccc2[N+](=O)[O-])CC1. The molecule has 1 heterocycles. The van der Waals surface area contributed by atoms with Crippen LogP contribution in [-0.4, -0.2) is 61.0 Å². The molecule has 0 radical (unpaired) electrons. The van der Waals surface area contributed by atoms with Crippen molar-refractivity contribution in [2.45, 2.75) is 19.8 Å². The monoisotopic (exact) mass is 363 g/mol. The molecule has 3 amide bonds. The number of nitrogens with one attached hydrogen (secondary N) is 2. The number of urea groups is 1. The van der Waals surface area contributed by atoms with Gasteiger partial charge in [0.15, 0.2) is 0 Å². The fourth-order valence-electron chi connectivity index (χ4n) is 2.82. The smallest absolute Gasteiger partial charge is 0.321 e. The van der Waals surface area contributed by atoms with E-state index in [1.807, 2.05) is 16.7 Å². The van der Waals surface area contributed by atoms with E-state index in [9.17, 15) is 19.7 Å². The van der Waals surface area contributed by atoms with Crippen molar-refractivity contribution in [3.63, 3.8) is 0 Å². The number of benzene rings is 1. The van der Waals surface area contributed by atoms with Crippen LogP contribution in [0.25, 0.3) is 0 Å². The van der Waals surface area contributed by atoms with Crippen LogP contribution >= 0.6 is 0 Å². The van der Waals surface area contributed by atoms with Crippen molar-refractivity contribution in [3.8, 4) is 0 Å². The molecule has 142 valence electrons. The van der Waals surface area contributed by atoms with E-state index in [0.717, 1.165) is 12.8 Å². The minimum atomic E-state index is -0.470. The van der Waals surface area contributed by atoms with Gasteiger partial charge in [-0.3, -0.25) is 25.1 Å². The van der Waals surface area contributed by atoms with Gasteiger partial charge in [-0.05, 0) is 12.5 Å². The second-order valence-electron chi connectivity index (χ2n) is 6.17. The minimum absolute atomic E-state index is 0.0856. The summed E-state index contributed by atoms with van der Waals surface area (Å²) in [4.78, 5) is 38.2. The Morgan fingerprint density at radius 3 is 2.54 bits per heavy atom. The fraction of sp³-hybridized carbons (Fsp3) is 0.529. The quantitative estimate of drug-likeness (QED) is 0.430. The van der Waals surface area contributed by atoms with Gasteiger partial charge in [0.25, 0.3) is 5.69 Å². The summed E-state index contributed by atoms with van der Waals surface area (Å²) in [6.07, 6.45) is 1.84. The van der Waals surface area contributed by atoms with Crippen LogP contribution in [0.15, 0.2) is 24.3 Å². The Kier molecular flexibility index (Phi) is 7.34. The molecule has 0 aromatic heterocycles. The second kappa shape index (κ2) is 9.71. The molecule has 9 heteroatoms. The number of anilines is 1. The highest BCUT2D eigenvalue weighted by Gasteiger charge is 2.24. The molecule has 0 atom stereocenters. The van der Waals surface area contributed by atoms with Crippen LogP contribution in [0.5, 0.6) is 0 Å². The van der Waals surface area contributed by atoms with E-state index in [0.29, 0.717) is 38.4 Å². The van der Waals surface area contributed by atoms with E-state index in [-0.39, 0.29) is 23.1 Å².